The van der Waals surface area contributed by atoms with E-state index in [0.717, 1.165) is 29.5 Å². The summed E-state index contributed by atoms with van der Waals surface area (Å²) in [6, 6.07) is 6.32. The molecule has 0 spiro atoms. The SMILES string of the molecule is O=C(Nc1ccc(F)cc1)Nc1nc(C(=O)Nc2ccc(F)c(C(F)(F)F)c2)cs1. The van der Waals surface area contributed by atoms with Gasteiger partial charge in [-0.25, -0.2) is 18.6 Å². The Morgan fingerprint density at radius 3 is 2.23 bits per heavy atom. The molecule has 12 heteroatoms. The van der Waals surface area contributed by atoms with E-state index >= 15 is 0 Å². The number of alkyl halides is 3. The molecular weight excluding hydrogens is 431 g/mol. The van der Waals surface area contributed by atoms with Gasteiger partial charge in [0, 0.05) is 16.8 Å². The van der Waals surface area contributed by atoms with Crippen LogP contribution in [0.1, 0.15) is 16.1 Å². The number of aromatic nitrogens is 1. The fourth-order valence-electron chi connectivity index (χ4n) is 2.24. The number of nitrogens with one attached hydrogen (secondary N) is 3. The van der Waals surface area contributed by atoms with Gasteiger partial charge in [-0.2, -0.15) is 13.2 Å². The van der Waals surface area contributed by atoms with Crippen LogP contribution in [-0.4, -0.2) is 16.9 Å². The number of carbonyl (C=O) groups is 2. The van der Waals surface area contributed by atoms with E-state index < -0.39 is 35.3 Å². The van der Waals surface area contributed by atoms with Gasteiger partial charge in [0.1, 0.15) is 17.3 Å². The minimum Gasteiger partial charge on any atom is -0.321 e. The Bertz CT molecular complexity index is 1080. The average molecular weight is 442 g/mol. The zero-order valence-electron chi connectivity index (χ0n) is 14.7. The van der Waals surface area contributed by atoms with Crippen LogP contribution in [0.25, 0.3) is 0 Å². The molecule has 0 saturated heterocycles. The van der Waals surface area contributed by atoms with E-state index in [-0.39, 0.29) is 16.5 Å². The third-order valence-electron chi connectivity index (χ3n) is 3.59. The summed E-state index contributed by atoms with van der Waals surface area (Å²) in [6.45, 7) is 0. The molecular formula is C18H11F5N4O2S. The van der Waals surface area contributed by atoms with Crippen LogP contribution in [0, 0.1) is 11.6 Å². The summed E-state index contributed by atoms with van der Waals surface area (Å²) >= 11 is 0.896. The lowest BCUT2D eigenvalue weighted by Crippen LogP contribution is -2.19. The Morgan fingerprint density at radius 2 is 1.57 bits per heavy atom. The summed E-state index contributed by atoms with van der Waals surface area (Å²) in [7, 11) is 0. The number of hydrogen-bond donors (Lipinski definition) is 3. The van der Waals surface area contributed by atoms with E-state index in [9.17, 15) is 31.5 Å². The summed E-state index contributed by atoms with van der Waals surface area (Å²) in [4.78, 5) is 28.0. The summed E-state index contributed by atoms with van der Waals surface area (Å²) in [5.41, 5.74) is -1.64. The van der Waals surface area contributed by atoms with Crippen molar-refractivity contribution in [2.24, 2.45) is 0 Å². The minimum atomic E-state index is -4.92. The first-order chi connectivity index (χ1) is 14.1. The van der Waals surface area contributed by atoms with Crippen molar-refractivity contribution in [3.05, 3.63) is 70.7 Å². The van der Waals surface area contributed by atoms with Crippen LogP contribution in [0.4, 0.5) is 43.3 Å². The lowest BCUT2D eigenvalue weighted by Gasteiger charge is -2.10. The fourth-order valence-corrected chi connectivity index (χ4v) is 2.93. The molecule has 2 aromatic carbocycles. The van der Waals surface area contributed by atoms with Crippen molar-refractivity contribution in [2.75, 3.05) is 16.0 Å². The maximum atomic E-state index is 13.3. The Hall–Kier alpha value is -3.54. The quantitative estimate of drug-likeness (QED) is 0.477. The Kier molecular flexibility index (Phi) is 5.96. The largest absolute Gasteiger partial charge is 0.419 e. The number of urea groups is 1. The van der Waals surface area contributed by atoms with E-state index in [0.29, 0.717) is 17.8 Å². The second kappa shape index (κ2) is 8.45. The van der Waals surface area contributed by atoms with Gasteiger partial charge in [0.15, 0.2) is 5.13 Å². The van der Waals surface area contributed by atoms with E-state index in [1.54, 1.807) is 0 Å². The molecule has 0 aliphatic rings. The highest BCUT2D eigenvalue weighted by Gasteiger charge is 2.34. The van der Waals surface area contributed by atoms with Crippen molar-refractivity contribution in [2.45, 2.75) is 6.18 Å². The molecule has 3 rings (SSSR count). The number of anilines is 3. The van der Waals surface area contributed by atoms with Gasteiger partial charge < -0.3 is 10.6 Å². The van der Waals surface area contributed by atoms with E-state index in [1.807, 2.05) is 0 Å². The molecule has 3 N–H and O–H groups in total. The molecule has 1 heterocycles. The number of benzene rings is 2. The zero-order chi connectivity index (χ0) is 21.9. The molecule has 0 unspecified atom stereocenters. The predicted octanol–water partition coefficient (Wildman–Crippen LogP) is 5.34. The molecule has 156 valence electrons. The van der Waals surface area contributed by atoms with Crippen molar-refractivity contribution in [3.8, 4) is 0 Å². The molecule has 0 fully saturated rings. The van der Waals surface area contributed by atoms with Gasteiger partial charge in [-0.1, -0.05) is 0 Å². The van der Waals surface area contributed by atoms with Crippen LogP contribution >= 0.6 is 11.3 Å². The van der Waals surface area contributed by atoms with Gasteiger partial charge in [0.2, 0.25) is 0 Å². The van der Waals surface area contributed by atoms with Crippen LogP contribution in [0.5, 0.6) is 0 Å². The zero-order valence-corrected chi connectivity index (χ0v) is 15.5. The Balaban J connectivity index is 1.63. The number of hydrogen-bond acceptors (Lipinski definition) is 4. The van der Waals surface area contributed by atoms with Crippen molar-refractivity contribution in [3.63, 3.8) is 0 Å². The Morgan fingerprint density at radius 1 is 0.900 bits per heavy atom. The predicted molar refractivity (Wildman–Crippen MR) is 101 cm³/mol. The third kappa shape index (κ3) is 5.29. The van der Waals surface area contributed by atoms with Crippen molar-refractivity contribution >= 4 is 39.8 Å². The lowest BCUT2D eigenvalue weighted by atomic mass is 10.2. The van der Waals surface area contributed by atoms with Gasteiger partial charge in [-0.15, -0.1) is 11.3 Å². The van der Waals surface area contributed by atoms with Gasteiger partial charge >= 0.3 is 12.2 Å². The average Bonchev–Trinajstić information content (AvgIpc) is 3.13. The molecule has 3 aromatic rings. The highest BCUT2D eigenvalue weighted by Crippen LogP contribution is 2.33. The number of rotatable bonds is 4. The molecule has 3 amide bonds. The monoisotopic (exact) mass is 442 g/mol. The first-order valence-corrected chi connectivity index (χ1v) is 8.97. The maximum absolute atomic E-state index is 13.3. The number of thiazole rings is 1. The van der Waals surface area contributed by atoms with Crippen LogP contribution in [0.15, 0.2) is 47.8 Å². The number of amides is 3. The van der Waals surface area contributed by atoms with Crippen molar-refractivity contribution < 1.29 is 31.5 Å². The van der Waals surface area contributed by atoms with Crippen LogP contribution in [0.2, 0.25) is 0 Å². The summed E-state index contributed by atoms with van der Waals surface area (Å²) in [5.74, 6) is -2.79. The highest BCUT2D eigenvalue weighted by molar-refractivity contribution is 7.14. The third-order valence-corrected chi connectivity index (χ3v) is 4.35. The summed E-state index contributed by atoms with van der Waals surface area (Å²) < 4.78 is 64.5. The lowest BCUT2D eigenvalue weighted by molar-refractivity contribution is -0.139. The van der Waals surface area contributed by atoms with Gasteiger partial charge in [-0.3, -0.25) is 10.1 Å². The highest BCUT2D eigenvalue weighted by atomic mass is 32.1. The first-order valence-electron chi connectivity index (χ1n) is 8.09. The second-order valence-electron chi connectivity index (χ2n) is 5.77. The van der Waals surface area contributed by atoms with E-state index in [1.165, 1.54) is 17.5 Å². The summed E-state index contributed by atoms with van der Waals surface area (Å²) in [6.07, 6.45) is -4.92. The Labute approximate surface area is 169 Å². The standard InChI is InChI=1S/C18H11F5N4O2S/c19-9-1-3-10(4-2-9)25-16(29)27-17-26-14(8-30-17)15(28)24-11-5-6-13(20)12(7-11)18(21,22)23/h1-8H,(H,24,28)(H2,25,26,27,29). The molecule has 0 radical (unpaired) electrons. The molecule has 30 heavy (non-hydrogen) atoms. The molecule has 0 aliphatic heterocycles. The minimum absolute atomic E-state index is 0.0369. The van der Waals surface area contributed by atoms with Crippen LogP contribution in [0.3, 0.4) is 0 Å². The molecule has 0 atom stereocenters. The van der Waals surface area contributed by atoms with Crippen LogP contribution < -0.4 is 16.0 Å². The molecule has 0 saturated carbocycles. The van der Waals surface area contributed by atoms with E-state index in [4.69, 9.17) is 0 Å². The van der Waals surface area contributed by atoms with Gasteiger partial charge in [0.05, 0.1) is 5.56 Å². The number of carbonyl (C=O) groups excluding carboxylic acids is 2. The maximum Gasteiger partial charge on any atom is 0.419 e. The van der Waals surface area contributed by atoms with E-state index in [2.05, 4.69) is 20.9 Å². The molecule has 1 aromatic heterocycles. The van der Waals surface area contributed by atoms with Crippen molar-refractivity contribution in [1.82, 2.24) is 4.98 Å². The summed E-state index contributed by atoms with van der Waals surface area (Å²) in [5, 5.41) is 8.29. The first kappa shape index (κ1) is 21.2. The normalized spacial score (nSPS) is 11.1. The molecule has 0 bridgehead atoms. The van der Waals surface area contributed by atoms with Gasteiger partial charge in [0.25, 0.3) is 5.91 Å². The molecule has 0 aliphatic carbocycles. The van der Waals surface area contributed by atoms with Crippen LogP contribution in [-0.2, 0) is 6.18 Å². The molecule has 6 nitrogen and oxygen atoms in total. The topological polar surface area (TPSA) is 83.1 Å². The fraction of sp³-hybridized carbons (Fsp3) is 0.0556. The second-order valence-corrected chi connectivity index (χ2v) is 6.63. The number of halogens is 5. The van der Waals surface area contributed by atoms with Crippen molar-refractivity contribution in [1.29, 1.82) is 0 Å². The van der Waals surface area contributed by atoms with Gasteiger partial charge in [-0.05, 0) is 42.5 Å². The number of nitrogens with zero attached hydrogens (tertiary/aromatic N) is 1. The smallest absolute Gasteiger partial charge is 0.321 e.